The topological polar surface area (TPSA) is 211 Å². The highest BCUT2D eigenvalue weighted by Crippen LogP contribution is 2.54. The van der Waals surface area contributed by atoms with Gasteiger partial charge in [-0.3, -0.25) is 29.8 Å². The number of H-pyrrole nitrogens is 2. The summed E-state index contributed by atoms with van der Waals surface area (Å²) in [6.07, 6.45) is -2.28. The number of para-hydroxylation sites is 2. The second-order valence-electron chi connectivity index (χ2n) is 27.4. The summed E-state index contributed by atoms with van der Waals surface area (Å²) in [5, 5.41) is 34.3. The second kappa shape index (κ2) is 19.0. The number of fused-ring (bicyclic) bond motifs is 21. The zero-order valence-corrected chi connectivity index (χ0v) is 54.6. The summed E-state index contributed by atoms with van der Waals surface area (Å²) in [4.78, 5) is 60.8. The Balaban J connectivity index is 0.000000151. The van der Waals surface area contributed by atoms with Crippen molar-refractivity contribution in [1.29, 1.82) is 0 Å². The molecule has 7 heterocycles. The molecule has 0 spiro atoms. The van der Waals surface area contributed by atoms with Crippen LogP contribution in [0.1, 0.15) is 122 Å². The van der Waals surface area contributed by atoms with Crippen molar-refractivity contribution in [2.24, 2.45) is 0 Å². The lowest BCUT2D eigenvalue weighted by atomic mass is 9.96. The summed E-state index contributed by atoms with van der Waals surface area (Å²) in [5.74, 6) is -2.36. The van der Waals surface area contributed by atoms with E-state index in [0.29, 0.717) is 51.4 Å². The summed E-state index contributed by atoms with van der Waals surface area (Å²) in [5.41, 5.74) is 8.23. The number of aliphatic hydroxyl groups is 2. The quantitative estimate of drug-likeness (QED) is 0.0685. The zero-order valence-electron chi connectivity index (χ0n) is 49.4. The molecule has 3 aliphatic heterocycles. The summed E-state index contributed by atoms with van der Waals surface area (Å²) >= 11 is 7.17. The number of carbonyl (C=O) groups excluding carboxylic acids is 4. The molecule has 0 bridgehead atoms. The zero-order chi connectivity index (χ0) is 60.3. The number of nitrogens with zero attached hydrogens (tertiary/aromatic N) is 2. The van der Waals surface area contributed by atoms with Crippen LogP contribution < -0.4 is 10.6 Å². The van der Waals surface area contributed by atoms with E-state index in [2.05, 4.69) is 135 Å². The number of amides is 4. The predicted octanol–water partition coefficient (Wildman–Crippen LogP) is 14.1. The van der Waals surface area contributed by atoms with Crippen LogP contribution in [0.4, 0.5) is 0 Å². The summed E-state index contributed by atoms with van der Waals surface area (Å²) in [6, 6.07) is 27.0. The molecule has 5 aliphatic rings. The Labute approximate surface area is 508 Å². The number of hydrogen-bond acceptors (Lipinski definition) is 10. The molecular weight excluding hydrogens is 1240 g/mol. The van der Waals surface area contributed by atoms with Crippen molar-refractivity contribution in [2.45, 2.75) is 159 Å². The van der Waals surface area contributed by atoms with Gasteiger partial charge in [-0.15, -0.1) is 0 Å². The van der Waals surface area contributed by atoms with Gasteiger partial charge in [0.1, 0.15) is 24.4 Å². The molecule has 10 aromatic rings. The molecule has 8 atom stereocenters. The number of ether oxygens (including phenoxy) is 2. The van der Waals surface area contributed by atoms with Crippen LogP contribution in [-0.2, 0) is 18.3 Å². The summed E-state index contributed by atoms with van der Waals surface area (Å²) < 4.78 is 33.1. The van der Waals surface area contributed by atoms with Crippen molar-refractivity contribution < 1.29 is 47.7 Å². The van der Waals surface area contributed by atoms with Gasteiger partial charge in [-0.05, 0) is 111 Å². The molecule has 0 radical (unpaired) electrons. The third-order valence-electron chi connectivity index (χ3n) is 19.8. The summed E-state index contributed by atoms with van der Waals surface area (Å²) in [7, 11) is -4.39. The Morgan fingerprint density at radius 3 is 1.40 bits per heavy atom. The number of nitrogens with one attached hydrogen (secondary N) is 4. The number of halogens is 2. The minimum atomic E-state index is -2.25. The smallest absolute Gasteiger partial charge is 0.259 e. The maximum atomic E-state index is 13.6. The van der Waals surface area contributed by atoms with Crippen LogP contribution in [0.5, 0.6) is 0 Å². The Bertz CT molecular complexity index is 4620. The van der Waals surface area contributed by atoms with E-state index in [0.717, 1.165) is 79.9 Å². The second-order valence-corrected chi connectivity index (χ2v) is 38.7. The van der Waals surface area contributed by atoms with E-state index in [1.165, 1.54) is 0 Å². The lowest BCUT2D eigenvalue weighted by Gasteiger charge is -2.39. The van der Waals surface area contributed by atoms with E-state index in [9.17, 15) is 29.4 Å². The van der Waals surface area contributed by atoms with E-state index < -0.39 is 58.6 Å². The first-order valence-electron chi connectivity index (χ1n) is 29.1. The van der Waals surface area contributed by atoms with Gasteiger partial charge < -0.3 is 47.6 Å². The molecule has 15 rings (SSSR count). The third kappa shape index (κ3) is 8.36. The normalized spacial score (nSPS) is 24.3. The molecule has 0 unspecified atom stereocenters. The van der Waals surface area contributed by atoms with Crippen LogP contribution in [0.25, 0.3) is 87.2 Å². The maximum Gasteiger partial charge on any atom is 0.259 e. The van der Waals surface area contributed by atoms with Gasteiger partial charge in [0.2, 0.25) is 0 Å². The van der Waals surface area contributed by atoms with Gasteiger partial charge in [0.05, 0.1) is 68.6 Å². The number of aromatic nitrogens is 4. The molecule has 16 nitrogen and oxygen atoms in total. The monoisotopic (exact) mass is 1310 g/mol. The van der Waals surface area contributed by atoms with Crippen LogP contribution in [0.3, 0.4) is 0 Å². The van der Waals surface area contributed by atoms with Gasteiger partial charge in [-0.1, -0.05) is 110 Å². The van der Waals surface area contributed by atoms with Crippen LogP contribution >= 0.6 is 31.9 Å². The van der Waals surface area contributed by atoms with Crippen molar-refractivity contribution in [2.75, 3.05) is 0 Å². The van der Waals surface area contributed by atoms with E-state index >= 15 is 0 Å². The van der Waals surface area contributed by atoms with Crippen LogP contribution in [0.2, 0.25) is 36.3 Å². The molecule has 6 N–H and O–H groups in total. The fourth-order valence-electron chi connectivity index (χ4n) is 14.0. The number of aliphatic hydroxyl groups excluding tert-OH is 2. The molecule has 4 aromatic heterocycles. The Kier molecular flexibility index (Phi) is 12.7. The highest BCUT2D eigenvalue weighted by atomic mass is 79.9. The average molecular weight is 1310 g/mol. The van der Waals surface area contributed by atoms with E-state index in [4.69, 9.17) is 18.3 Å². The van der Waals surface area contributed by atoms with Gasteiger partial charge in [0, 0.05) is 74.1 Å². The number of aromatic amines is 2. The first-order chi connectivity index (χ1) is 40.0. The van der Waals surface area contributed by atoms with E-state index in [1.807, 2.05) is 92.7 Å². The van der Waals surface area contributed by atoms with Crippen molar-refractivity contribution in [3.8, 4) is 0 Å². The number of hydrogen-bond donors (Lipinski definition) is 6. The van der Waals surface area contributed by atoms with Gasteiger partial charge in [-0.25, -0.2) is 0 Å². The van der Waals surface area contributed by atoms with Gasteiger partial charge in [0.25, 0.3) is 23.6 Å². The fraction of sp³-hybridized carbons (Fsp3) is 0.385. The third-order valence-corrected chi connectivity index (χ3v) is 29.8. The van der Waals surface area contributed by atoms with E-state index in [1.54, 1.807) is 0 Å². The SMILES string of the molecule is CC(C)(C)[Si](C)(C)O[C@H]1C[C@@H](n2c3ccccc3c3c4c(c5c6cc(Br)ccc6[nH]c5c32)C(=O)NC4=O)[C@H](O)[C@@H]1O.CC1(C)O[C@@H]2[C@H](O1)[C@@H](O[Si](C)(C)C(C)(C)C)C[C@H]2n1c2ccccc2c2c3c(c4c5cc(Br)ccc5[nH]c4c21)C(=O)NC3=O. The predicted molar refractivity (Wildman–Crippen MR) is 344 cm³/mol. The first-order valence-corrected chi connectivity index (χ1v) is 36.5. The van der Waals surface area contributed by atoms with Crippen LogP contribution in [0.15, 0.2) is 93.9 Å². The highest BCUT2D eigenvalue weighted by Gasteiger charge is 2.58. The number of carbonyl (C=O) groups is 4. The number of rotatable bonds is 6. The molecule has 1 saturated heterocycles. The lowest BCUT2D eigenvalue weighted by molar-refractivity contribution is -0.164. The number of benzene rings is 6. The van der Waals surface area contributed by atoms with Crippen LogP contribution in [-0.4, -0.2) is 112 Å². The standard InChI is InChI=1S/C34H36BrN3O5Si.C31H32BrN3O5Si/c1-33(2,3)44(6,7)43-22-15-21(29-30(22)42-34(4,5)41-29)38-20-11-9-8-10-17(20)24-26-25(31(39)37-32(26)40)23-18-14-16(35)12-13-19(18)36-27(23)28(24)38;1-31(2,3)41(4,5)40-20-13-19(27(36)28(20)37)35-18-9-7-6-8-15(18)22-24-23(29(38)34-30(24)39)21-16-12-14(32)10-11-17(16)33-25(21)26(22)35/h8-14,21-22,29-30,36H,15H2,1-7H3,(H,37,39,40);6-12,19-20,27-28,33,36-37H,13H2,1-5H3,(H,34,38,39)/t21-,22+,29+,30-;19-,20+,27+,28-/m11/s1. The molecule has 20 heteroatoms. The maximum absolute atomic E-state index is 13.6. The molecule has 2 aliphatic carbocycles. The Morgan fingerprint density at radius 1 is 0.541 bits per heavy atom. The molecule has 6 aromatic carbocycles. The van der Waals surface area contributed by atoms with Crippen molar-refractivity contribution in [1.82, 2.24) is 29.7 Å². The van der Waals surface area contributed by atoms with Crippen molar-refractivity contribution >= 4 is 159 Å². The minimum Gasteiger partial charge on any atom is -0.411 e. The first kappa shape index (κ1) is 56.7. The molecule has 85 heavy (non-hydrogen) atoms. The molecule has 2 saturated carbocycles. The molecule has 4 amide bonds. The van der Waals surface area contributed by atoms with E-state index in [-0.39, 0.29) is 46.2 Å². The van der Waals surface area contributed by atoms with Gasteiger partial charge in [0.15, 0.2) is 22.4 Å². The van der Waals surface area contributed by atoms with Gasteiger partial charge >= 0.3 is 0 Å². The number of imide groups is 2. The highest BCUT2D eigenvalue weighted by molar-refractivity contribution is 9.10. The Hall–Kier alpha value is -6.05. The van der Waals surface area contributed by atoms with Crippen molar-refractivity contribution in [3.63, 3.8) is 0 Å². The fourth-order valence-corrected chi connectivity index (χ4v) is 17.4. The molecular formula is C65H68Br2N6O10Si2. The van der Waals surface area contributed by atoms with Crippen LogP contribution in [0, 0.1) is 0 Å². The Morgan fingerprint density at radius 2 is 0.941 bits per heavy atom. The minimum absolute atomic E-state index is 0.0354. The largest absolute Gasteiger partial charge is 0.411 e. The summed E-state index contributed by atoms with van der Waals surface area (Å²) in [6.45, 7) is 26.0. The van der Waals surface area contributed by atoms with Gasteiger partial charge in [-0.2, -0.15) is 0 Å². The molecule has 440 valence electrons. The molecule has 3 fully saturated rings. The van der Waals surface area contributed by atoms with Crippen molar-refractivity contribution in [3.05, 3.63) is 116 Å². The average Bonchev–Trinajstić information content (AvgIpc) is 1.54. The lowest BCUT2D eigenvalue weighted by Crippen LogP contribution is -2.46.